The van der Waals surface area contributed by atoms with E-state index in [-0.39, 0.29) is 22.9 Å². The van der Waals surface area contributed by atoms with Gasteiger partial charge in [-0.1, -0.05) is 30.3 Å². The minimum absolute atomic E-state index is 0.0510. The first-order chi connectivity index (χ1) is 10.2. The monoisotopic (exact) mass is 280 g/mol. The Morgan fingerprint density at radius 3 is 2.62 bits per heavy atom. The summed E-state index contributed by atoms with van der Waals surface area (Å²) in [5, 5.41) is 23.7. The van der Waals surface area contributed by atoms with Crippen LogP contribution in [0.5, 0.6) is 11.5 Å². The van der Waals surface area contributed by atoms with Crippen LogP contribution >= 0.6 is 0 Å². The molecule has 3 rings (SSSR count). The number of amides is 1. The number of carbonyl (C=O) groups excluding carboxylic acids is 1. The molecule has 104 valence electrons. The van der Waals surface area contributed by atoms with Crippen LogP contribution < -0.4 is 5.32 Å². The highest BCUT2D eigenvalue weighted by Crippen LogP contribution is 2.29. The number of carbonyl (C=O) groups is 1. The third-order valence-corrected chi connectivity index (χ3v) is 3.16. The van der Waals surface area contributed by atoms with Crippen LogP contribution in [0.15, 0.2) is 54.7 Å². The van der Waals surface area contributed by atoms with E-state index in [2.05, 4.69) is 10.3 Å². The normalized spacial score (nSPS) is 10.5. The highest BCUT2D eigenvalue weighted by atomic mass is 16.3. The molecule has 0 aliphatic heterocycles. The van der Waals surface area contributed by atoms with Gasteiger partial charge in [0.15, 0.2) is 11.6 Å². The summed E-state index contributed by atoms with van der Waals surface area (Å²) in [7, 11) is 0. The van der Waals surface area contributed by atoms with Crippen LogP contribution in [0.25, 0.3) is 10.8 Å². The standard InChI is InChI=1S/C16H12N2O3/c19-13-6-3-9-17-15(13)18-16(21)12-8-7-10-4-1-2-5-11(10)14(12)20/h1-9,19-20H,(H,17,18,21). The number of aromatic hydroxyl groups is 2. The average molecular weight is 280 g/mol. The Kier molecular flexibility index (Phi) is 3.16. The number of nitrogens with zero attached hydrogens (tertiary/aromatic N) is 1. The van der Waals surface area contributed by atoms with E-state index >= 15 is 0 Å². The summed E-state index contributed by atoms with van der Waals surface area (Å²) in [6, 6.07) is 13.5. The summed E-state index contributed by atoms with van der Waals surface area (Å²) in [5.41, 5.74) is 0.124. The van der Waals surface area contributed by atoms with Gasteiger partial charge >= 0.3 is 0 Å². The number of nitrogens with one attached hydrogen (secondary N) is 1. The van der Waals surface area contributed by atoms with Crippen molar-refractivity contribution < 1.29 is 15.0 Å². The molecule has 3 N–H and O–H groups in total. The quantitative estimate of drug-likeness (QED) is 0.674. The van der Waals surface area contributed by atoms with Gasteiger partial charge in [0.05, 0.1) is 5.56 Å². The molecule has 0 radical (unpaired) electrons. The third-order valence-electron chi connectivity index (χ3n) is 3.16. The summed E-state index contributed by atoms with van der Waals surface area (Å²) in [4.78, 5) is 16.1. The van der Waals surface area contributed by atoms with Crippen molar-refractivity contribution >= 4 is 22.5 Å². The molecule has 0 aliphatic carbocycles. The first kappa shape index (κ1) is 12.9. The molecule has 0 bridgehead atoms. The lowest BCUT2D eigenvalue weighted by Gasteiger charge is -2.09. The second-order valence-corrected chi connectivity index (χ2v) is 4.51. The van der Waals surface area contributed by atoms with Crippen LogP contribution in [0.3, 0.4) is 0 Å². The fraction of sp³-hybridized carbons (Fsp3) is 0. The summed E-state index contributed by atoms with van der Waals surface area (Å²) >= 11 is 0. The predicted octanol–water partition coefficient (Wildman–Crippen LogP) is 2.90. The van der Waals surface area contributed by atoms with Gasteiger partial charge in [0.1, 0.15) is 5.75 Å². The molecule has 1 aromatic heterocycles. The zero-order valence-corrected chi connectivity index (χ0v) is 10.9. The first-order valence-corrected chi connectivity index (χ1v) is 6.33. The minimum atomic E-state index is -0.535. The summed E-state index contributed by atoms with van der Waals surface area (Å²) in [6.07, 6.45) is 1.45. The van der Waals surface area contributed by atoms with Gasteiger partial charge in [0, 0.05) is 11.6 Å². The van der Waals surface area contributed by atoms with Crippen LogP contribution in [-0.4, -0.2) is 21.1 Å². The van der Waals surface area contributed by atoms with Crippen molar-refractivity contribution in [2.45, 2.75) is 0 Å². The number of benzene rings is 2. The van der Waals surface area contributed by atoms with Crippen molar-refractivity contribution in [3.05, 3.63) is 60.3 Å². The maximum atomic E-state index is 12.2. The van der Waals surface area contributed by atoms with Crippen molar-refractivity contribution in [2.75, 3.05) is 5.32 Å². The van der Waals surface area contributed by atoms with E-state index in [0.717, 1.165) is 5.39 Å². The Bertz CT molecular complexity index is 831. The molecule has 21 heavy (non-hydrogen) atoms. The van der Waals surface area contributed by atoms with Gasteiger partial charge in [0.2, 0.25) is 0 Å². The molecule has 5 nitrogen and oxygen atoms in total. The topological polar surface area (TPSA) is 82.5 Å². The van der Waals surface area contributed by atoms with Crippen LogP contribution in [0.2, 0.25) is 0 Å². The molecule has 0 unspecified atom stereocenters. The van der Waals surface area contributed by atoms with Gasteiger partial charge in [-0.05, 0) is 23.6 Å². The number of aromatic nitrogens is 1. The van der Waals surface area contributed by atoms with Crippen LogP contribution in [0.4, 0.5) is 5.82 Å². The Morgan fingerprint density at radius 1 is 1.00 bits per heavy atom. The lowest BCUT2D eigenvalue weighted by atomic mass is 10.0. The molecule has 0 saturated heterocycles. The van der Waals surface area contributed by atoms with E-state index in [1.165, 1.54) is 18.3 Å². The molecular weight excluding hydrogens is 268 g/mol. The summed E-state index contributed by atoms with van der Waals surface area (Å²) < 4.78 is 0. The zero-order valence-electron chi connectivity index (χ0n) is 10.9. The summed E-state index contributed by atoms with van der Waals surface area (Å²) in [5.74, 6) is -0.713. The predicted molar refractivity (Wildman–Crippen MR) is 79.5 cm³/mol. The van der Waals surface area contributed by atoms with E-state index in [9.17, 15) is 15.0 Å². The van der Waals surface area contributed by atoms with Crippen molar-refractivity contribution in [2.24, 2.45) is 0 Å². The second kappa shape index (κ2) is 5.13. The smallest absolute Gasteiger partial charge is 0.260 e. The molecule has 3 aromatic rings. The number of hydrogen-bond acceptors (Lipinski definition) is 4. The molecule has 0 spiro atoms. The van der Waals surface area contributed by atoms with Gasteiger partial charge in [-0.3, -0.25) is 4.79 Å². The van der Waals surface area contributed by atoms with Crippen LogP contribution in [0.1, 0.15) is 10.4 Å². The summed E-state index contributed by atoms with van der Waals surface area (Å²) in [6.45, 7) is 0. The zero-order chi connectivity index (χ0) is 14.8. The lowest BCUT2D eigenvalue weighted by molar-refractivity contribution is 0.102. The minimum Gasteiger partial charge on any atom is -0.506 e. The molecule has 0 atom stereocenters. The molecule has 1 amide bonds. The number of pyridine rings is 1. The number of rotatable bonds is 2. The molecule has 1 heterocycles. The van der Waals surface area contributed by atoms with Gasteiger partial charge in [-0.15, -0.1) is 0 Å². The van der Waals surface area contributed by atoms with Gasteiger partial charge in [0.25, 0.3) is 5.91 Å². The average Bonchev–Trinajstić information content (AvgIpc) is 2.50. The number of hydrogen-bond donors (Lipinski definition) is 3. The van der Waals surface area contributed by atoms with E-state index in [0.29, 0.717) is 5.39 Å². The maximum Gasteiger partial charge on any atom is 0.260 e. The van der Waals surface area contributed by atoms with Crippen molar-refractivity contribution in [1.82, 2.24) is 4.98 Å². The van der Waals surface area contributed by atoms with E-state index in [1.807, 2.05) is 12.1 Å². The second-order valence-electron chi connectivity index (χ2n) is 4.51. The Hall–Kier alpha value is -3.08. The largest absolute Gasteiger partial charge is 0.506 e. The van der Waals surface area contributed by atoms with Crippen LogP contribution in [0, 0.1) is 0 Å². The SMILES string of the molecule is O=C(Nc1ncccc1O)c1ccc2ccccc2c1O. The van der Waals surface area contributed by atoms with Gasteiger partial charge < -0.3 is 15.5 Å². The molecule has 0 fully saturated rings. The highest BCUT2D eigenvalue weighted by Gasteiger charge is 2.15. The lowest BCUT2D eigenvalue weighted by Crippen LogP contribution is -2.13. The molecular formula is C16H12N2O3. The Morgan fingerprint density at radius 2 is 1.81 bits per heavy atom. The molecule has 0 saturated carbocycles. The number of phenols is 1. The molecule has 2 aromatic carbocycles. The van der Waals surface area contributed by atoms with E-state index in [4.69, 9.17) is 0 Å². The number of phenolic OH excluding ortho intramolecular Hbond substituents is 1. The Balaban J connectivity index is 1.99. The molecule has 0 aliphatic rings. The van der Waals surface area contributed by atoms with E-state index in [1.54, 1.807) is 24.3 Å². The maximum absolute atomic E-state index is 12.2. The van der Waals surface area contributed by atoms with Gasteiger partial charge in [-0.25, -0.2) is 4.98 Å². The Labute approximate surface area is 120 Å². The number of fused-ring (bicyclic) bond motifs is 1. The van der Waals surface area contributed by atoms with Crippen LogP contribution in [-0.2, 0) is 0 Å². The third kappa shape index (κ3) is 2.36. The van der Waals surface area contributed by atoms with E-state index < -0.39 is 5.91 Å². The number of anilines is 1. The van der Waals surface area contributed by atoms with Crippen molar-refractivity contribution in [3.63, 3.8) is 0 Å². The van der Waals surface area contributed by atoms with Crippen molar-refractivity contribution in [3.8, 4) is 11.5 Å². The highest BCUT2D eigenvalue weighted by molar-refractivity contribution is 6.09. The molecule has 5 heteroatoms. The fourth-order valence-corrected chi connectivity index (χ4v) is 2.11. The van der Waals surface area contributed by atoms with Crippen molar-refractivity contribution in [1.29, 1.82) is 0 Å². The fourth-order valence-electron chi connectivity index (χ4n) is 2.11. The van der Waals surface area contributed by atoms with Gasteiger partial charge in [-0.2, -0.15) is 0 Å². The first-order valence-electron chi connectivity index (χ1n) is 6.33.